The molecule has 0 aromatic carbocycles. The first-order valence-electron chi connectivity index (χ1n) is 7.89. The van der Waals surface area contributed by atoms with Gasteiger partial charge in [-0.1, -0.05) is 13.3 Å². The predicted molar refractivity (Wildman–Crippen MR) is 84.9 cm³/mol. The fraction of sp³-hybridized carbons (Fsp3) is 0.625. The van der Waals surface area contributed by atoms with Crippen molar-refractivity contribution in [2.75, 3.05) is 25.4 Å². The van der Waals surface area contributed by atoms with Gasteiger partial charge in [0, 0.05) is 24.8 Å². The minimum absolute atomic E-state index is 0.0549. The highest BCUT2D eigenvalue weighted by atomic mass is 16.1. The molecule has 1 saturated heterocycles. The zero-order valence-electron chi connectivity index (χ0n) is 12.8. The van der Waals surface area contributed by atoms with Crippen molar-refractivity contribution in [1.29, 1.82) is 0 Å². The number of carbonyl (C=O) groups excluding carboxylic acids is 1. The molecule has 1 fully saturated rings. The lowest BCUT2D eigenvalue weighted by Crippen LogP contribution is -2.45. The molecule has 1 amide bonds. The van der Waals surface area contributed by atoms with Crippen molar-refractivity contribution in [2.24, 2.45) is 0 Å². The van der Waals surface area contributed by atoms with Crippen LogP contribution in [0.5, 0.6) is 0 Å². The van der Waals surface area contributed by atoms with E-state index in [2.05, 4.69) is 22.1 Å². The number of rotatable bonds is 6. The lowest BCUT2D eigenvalue weighted by Gasteiger charge is -2.32. The maximum absolute atomic E-state index is 12.0. The molecule has 1 aromatic rings. The predicted octanol–water partition coefficient (Wildman–Crippen LogP) is 1.59. The molecule has 1 aliphatic heterocycles. The van der Waals surface area contributed by atoms with Gasteiger partial charge < -0.3 is 16.0 Å². The number of anilines is 1. The second-order valence-corrected chi connectivity index (χ2v) is 5.80. The summed E-state index contributed by atoms with van der Waals surface area (Å²) in [6.45, 7) is 5.58. The molecular formula is C16H26N4O. The fourth-order valence-electron chi connectivity index (χ4n) is 2.67. The first kappa shape index (κ1) is 15.8. The van der Waals surface area contributed by atoms with Crippen LogP contribution in [0.25, 0.3) is 0 Å². The van der Waals surface area contributed by atoms with Gasteiger partial charge in [0.2, 0.25) is 5.91 Å². The number of nitrogens with zero attached hydrogens (tertiary/aromatic N) is 2. The molecule has 0 spiro atoms. The Bertz CT molecular complexity index is 438. The molecule has 2 heterocycles. The molecule has 0 bridgehead atoms. The number of nitrogens with one attached hydrogen (secondary N) is 1. The van der Waals surface area contributed by atoms with Gasteiger partial charge in [0.15, 0.2) is 0 Å². The minimum atomic E-state index is 0.0549. The maximum Gasteiger partial charge on any atom is 0.226 e. The standard InChI is InChI=1S/C16H26N4O/c1-2-3-8-20-9-6-14(7-10-20)19-16(21)11-15-5-4-13(17)12-18-15/h4-5,12,14H,2-3,6-11,17H2,1H3,(H,19,21). The summed E-state index contributed by atoms with van der Waals surface area (Å²) in [7, 11) is 0. The Hall–Kier alpha value is -1.62. The van der Waals surface area contributed by atoms with Crippen molar-refractivity contribution in [3.05, 3.63) is 24.0 Å². The fourth-order valence-corrected chi connectivity index (χ4v) is 2.67. The number of nitrogens with two attached hydrogens (primary N) is 1. The second kappa shape index (κ2) is 7.98. The summed E-state index contributed by atoms with van der Waals surface area (Å²) < 4.78 is 0. The molecular weight excluding hydrogens is 264 g/mol. The third kappa shape index (κ3) is 5.34. The third-order valence-electron chi connectivity index (χ3n) is 3.97. The quantitative estimate of drug-likeness (QED) is 0.834. The van der Waals surface area contributed by atoms with Crippen LogP contribution in [0.4, 0.5) is 5.69 Å². The Morgan fingerprint density at radius 1 is 1.43 bits per heavy atom. The molecule has 1 aliphatic rings. The molecule has 3 N–H and O–H groups in total. The Labute approximate surface area is 126 Å². The van der Waals surface area contributed by atoms with Crippen molar-refractivity contribution in [2.45, 2.75) is 45.1 Å². The van der Waals surface area contributed by atoms with Crippen molar-refractivity contribution in [1.82, 2.24) is 15.2 Å². The number of aromatic nitrogens is 1. The summed E-state index contributed by atoms with van der Waals surface area (Å²) in [6, 6.07) is 3.90. The lowest BCUT2D eigenvalue weighted by atomic mass is 10.0. The monoisotopic (exact) mass is 290 g/mol. The lowest BCUT2D eigenvalue weighted by molar-refractivity contribution is -0.121. The number of nitrogen functional groups attached to an aromatic ring is 1. The van der Waals surface area contributed by atoms with Crippen LogP contribution in [0, 0.1) is 0 Å². The van der Waals surface area contributed by atoms with Gasteiger partial charge in [0.1, 0.15) is 0 Å². The topological polar surface area (TPSA) is 71.2 Å². The van der Waals surface area contributed by atoms with E-state index in [1.54, 1.807) is 12.3 Å². The van der Waals surface area contributed by atoms with Gasteiger partial charge in [-0.3, -0.25) is 9.78 Å². The second-order valence-electron chi connectivity index (χ2n) is 5.80. The molecule has 0 saturated carbocycles. The van der Waals surface area contributed by atoms with Crippen molar-refractivity contribution in [3.8, 4) is 0 Å². The van der Waals surface area contributed by atoms with Crippen LogP contribution in [0.3, 0.4) is 0 Å². The molecule has 0 radical (unpaired) electrons. The van der Waals surface area contributed by atoms with Gasteiger partial charge in [-0.25, -0.2) is 0 Å². The Morgan fingerprint density at radius 3 is 2.81 bits per heavy atom. The number of hydrogen-bond donors (Lipinski definition) is 2. The van der Waals surface area contributed by atoms with E-state index in [4.69, 9.17) is 5.73 Å². The summed E-state index contributed by atoms with van der Waals surface area (Å²) in [5, 5.41) is 3.12. The van der Waals surface area contributed by atoms with Crippen molar-refractivity contribution >= 4 is 11.6 Å². The molecule has 116 valence electrons. The largest absolute Gasteiger partial charge is 0.397 e. The molecule has 2 rings (SSSR count). The molecule has 0 atom stereocenters. The summed E-state index contributed by atoms with van der Waals surface area (Å²) in [4.78, 5) is 18.7. The van der Waals surface area contributed by atoms with Crippen LogP contribution in [0.2, 0.25) is 0 Å². The van der Waals surface area contributed by atoms with Crippen LogP contribution < -0.4 is 11.1 Å². The highest BCUT2D eigenvalue weighted by Gasteiger charge is 2.20. The first-order valence-corrected chi connectivity index (χ1v) is 7.89. The average Bonchev–Trinajstić information content (AvgIpc) is 2.49. The van der Waals surface area contributed by atoms with Crippen LogP contribution in [0.1, 0.15) is 38.3 Å². The summed E-state index contributed by atoms with van der Waals surface area (Å²) >= 11 is 0. The van der Waals surface area contributed by atoms with Crippen LogP contribution in [-0.2, 0) is 11.2 Å². The van der Waals surface area contributed by atoms with E-state index >= 15 is 0 Å². The number of hydrogen-bond acceptors (Lipinski definition) is 4. The van der Waals surface area contributed by atoms with Crippen molar-refractivity contribution in [3.63, 3.8) is 0 Å². The van der Waals surface area contributed by atoms with Gasteiger partial charge in [-0.05, 0) is 37.9 Å². The van der Waals surface area contributed by atoms with Gasteiger partial charge in [-0.2, -0.15) is 0 Å². The van der Waals surface area contributed by atoms with Gasteiger partial charge in [0.05, 0.1) is 18.3 Å². The highest BCUT2D eigenvalue weighted by molar-refractivity contribution is 5.78. The molecule has 0 unspecified atom stereocenters. The Kier molecular flexibility index (Phi) is 5.99. The highest BCUT2D eigenvalue weighted by Crippen LogP contribution is 2.11. The Balaban J connectivity index is 1.70. The average molecular weight is 290 g/mol. The Morgan fingerprint density at radius 2 is 2.19 bits per heavy atom. The number of carbonyl (C=O) groups is 1. The zero-order valence-corrected chi connectivity index (χ0v) is 12.8. The van der Waals surface area contributed by atoms with E-state index in [1.165, 1.54) is 19.4 Å². The van der Waals surface area contributed by atoms with Crippen LogP contribution >= 0.6 is 0 Å². The van der Waals surface area contributed by atoms with Crippen LogP contribution in [0.15, 0.2) is 18.3 Å². The number of pyridine rings is 1. The van der Waals surface area contributed by atoms with E-state index in [-0.39, 0.29) is 5.91 Å². The number of likely N-dealkylation sites (tertiary alicyclic amines) is 1. The van der Waals surface area contributed by atoms with E-state index in [9.17, 15) is 4.79 Å². The van der Waals surface area contributed by atoms with Crippen molar-refractivity contribution < 1.29 is 4.79 Å². The van der Waals surface area contributed by atoms with Gasteiger partial charge >= 0.3 is 0 Å². The molecule has 21 heavy (non-hydrogen) atoms. The molecule has 5 heteroatoms. The van der Waals surface area contributed by atoms with Crippen LogP contribution in [-0.4, -0.2) is 41.5 Å². The molecule has 0 aliphatic carbocycles. The number of unbranched alkanes of at least 4 members (excludes halogenated alkanes) is 1. The SMILES string of the molecule is CCCCN1CCC(NC(=O)Cc2ccc(N)cn2)CC1. The van der Waals surface area contributed by atoms with E-state index < -0.39 is 0 Å². The van der Waals surface area contributed by atoms with E-state index in [1.807, 2.05) is 6.07 Å². The number of piperidine rings is 1. The minimum Gasteiger partial charge on any atom is -0.397 e. The van der Waals surface area contributed by atoms with Gasteiger partial charge in [-0.15, -0.1) is 0 Å². The maximum atomic E-state index is 12.0. The summed E-state index contributed by atoms with van der Waals surface area (Å²) in [5.41, 5.74) is 6.98. The smallest absolute Gasteiger partial charge is 0.226 e. The first-order chi connectivity index (χ1) is 10.2. The normalized spacial score (nSPS) is 16.8. The van der Waals surface area contributed by atoms with E-state index in [0.29, 0.717) is 18.2 Å². The van der Waals surface area contributed by atoms with E-state index in [0.717, 1.165) is 31.6 Å². The summed E-state index contributed by atoms with van der Waals surface area (Å²) in [5.74, 6) is 0.0549. The molecule has 1 aromatic heterocycles. The zero-order chi connectivity index (χ0) is 15.1. The third-order valence-corrected chi connectivity index (χ3v) is 3.97. The summed E-state index contributed by atoms with van der Waals surface area (Å²) in [6.07, 6.45) is 6.52. The molecule has 5 nitrogen and oxygen atoms in total. The number of amides is 1. The van der Waals surface area contributed by atoms with Gasteiger partial charge in [0.25, 0.3) is 0 Å².